The molecule has 1 unspecified atom stereocenters. The Morgan fingerprint density at radius 2 is 1.88 bits per heavy atom. The zero-order valence-electron chi connectivity index (χ0n) is 15.6. The van der Waals surface area contributed by atoms with Crippen molar-refractivity contribution in [3.63, 3.8) is 0 Å². The van der Waals surface area contributed by atoms with Gasteiger partial charge in [-0.25, -0.2) is 4.79 Å². The van der Waals surface area contributed by atoms with E-state index in [2.05, 4.69) is 10.6 Å². The van der Waals surface area contributed by atoms with E-state index in [9.17, 15) is 9.59 Å². The minimum Gasteiger partial charge on any atom is -0.493 e. The molecule has 0 aromatic heterocycles. The molecule has 0 bridgehead atoms. The molecule has 0 saturated heterocycles. The van der Waals surface area contributed by atoms with Gasteiger partial charge in [0.1, 0.15) is 0 Å². The highest BCUT2D eigenvalue weighted by molar-refractivity contribution is 5.94. The molecule has 0 aliphatic carbocycles. The molecule has 0 aliphatic rings. The van der Waals surface area contributed by atoms with Crippen LogP contribution in [0.3, 0.4) is 0 Å². The zero-order chi connectivity index (χ0) is 18.7. The molecule has 0 fully saturated rings. The van der Waals surface area contributed by atoms with Crippen LogP contribution in [0.5, 0.6) is 11.5 Å². The summed E-state index contributed by atoms with van der Waals surface area (Å²) in [4.78, 5) is 24.4. The van der Waals surface area contributed by atoms with Gasteiger partial charge in [-0.05, 0) is 24.1 Å². The number of benzene rings is 1. The van der Waals surface area contributed by atoms with Crippen molar-refractivity contribution in [1.82, 2.24) is 10.6 Å². The third kappa shape index (κ3) is 7.89. The number of carbonyl (C=O) groups is 2. The molecular formula is C18H30N3O4+. The lowest BCUT2D eigenvalue weighted by Crippen LogP contribution is -3.10. The van der Waals surface area contributed by atoms with Gasteiger partial charge in [-0.15, -0.1) is 0 Å². The summed E-state index contributed by atoms with van der Waals surface area (Å²) in [6.07, 6.45) is 2.69. The lowest BCUT2D eigenvalue weighted by molar-refractivity contribution is -0.870. The summed E-state index contributed by atoms with van der Waals surface area (Å²) in [5, 5.41) is 5.02. The number of likely N-dealkylation sites (N-methyl/N-ethyl adjacent to an activating group) is 1. The van der Waals surface area contributed by atoms with Gasteiger partial charge in [-0.1, -0.05) is 19.4 Å². The minimum atomic E-state index is -0.425. The molecule has 0 heterocycles. The summed E-state index contributed by atoms with van der Waals surface area (Å²) in [6.45, 7) is 3.63. The van der Waals surface area contributed by atoms with E-state index in [1.165, 1.54) is 0 Å². The van der Waals surface area contributed by atoms with Gasteiger partial charge < -0.3 is 19.7 Å². The maximum Gasteiger partial charge on any atom is 0.321 e. The van der Waals surface area contributed by atoms with E-state index < -0.39 is 6.03 Å². The van der Waals surface area contributed by atoms with Gasteiger partial charge in [0.15, 0.2) is 18.0 Å². The van der Waals surface area contributed by atoms with Crippen molar-refractivity contribution >= 4 is 11.9 Å². The number of hydrogen-bond acceptors (Lipinski definition) is 4. The van der Waals surface area contributed by atoms with E-state index in [0.29, 0.717) is 18.0 Å². The molecule has 140 valence electrons. The summed E-state index contributed by atoms with van der Waals surface area (Å²) in [6, 6.07) is 5.37. The Balaban J connectivity index is 2.38. The van der Waals surface area contributed by atoms with Crippen molar-refractivity contribution in [3.05, 3.63) is 23.8 Å². The lowest BCUT2D eigenvalue weighted by Gasteiger charge is -2.14. The number of amides is 3. The maximum absolute atomic E-state index is 11.9. The Kier molecular flexibility index (Phi) is 9.39. The molecule has 7 nitrogen and oxygen atoms in total. The number of carbonyl (C=O) groups excluding carboxylic acids is 2. The Morgan fingerprint density at radius 1 is 1.16 bits per heavy atom. The number of rotatable bonds is 10. The molecule has 0 spiro atoms. The third-order valence-corrected chi connectivity index (χ3v) is 3.82. The van der Waals surface area contributed by atoms with Crippen LogP contribution >= 0.6 is 0 Å². The van der Waals surface area contributed by atoms with Crippen LogP contribution in [0.25, 0.3) is 0 Å². The van der Waals surface area contributed by atoms with Crippen LogP contribution in [0, 0.1) is 0 Å². The largest absolute Gasteiger partial charge is 0.493 e. The van der Waals surface area contributed by atoms with Crippen LogP contribution in [0.1, 0.15) is 25.3 Å². The molecule has 1 atom stereocenters. The highest BCUT2D eigenvalue weighted by Gasteiger charge is 2.13. The van der Waals surface area contributed by atoms with Crippen LogP contribution in [-0.2, 0) is 11.2 Å². The summed E-state index contributed by atoms with van der Waals surface area (Å²) >= 11 is 0. The summed E-state index contributed by atoms with van der Waals surface area (Å²) in [5.74, 6) is 1.11. The van der Waals surface area contributed by atoms with E-state index in [1.54, 1.807) is 14.2 Å². The molecule has 0 saturated carbocycles. The minimum absolute atomic E-state index is 0.245. The Bertz CT molecular complexity index is 563. The standard InChI is InChI=1S/C18H29N3O4/c1-5-6-10-19-18(23)20-17(22)13-21(2)11-9-14-7-8-15(24-3)16(12-14)25-4/h7-8,12H,5-6,9-11,13H2,1-4H3,(H2,19,20,22,23)/p+1. The van der Waals surface area contributed by atoms with Gasteiger partial charge in [-0.2, -0.15) is 0 Å². The van der Waals surface area contributed by atoms with E-state index in [4.69, 9.17) is 9.47 Å². The average molecular weight is 352 g/mol. The highest BCUT2D eigenvalue weighted by Crippen LogP contribution is 2.27. The number of hydrogen-bond donors (Lipinski definition) is 3. The molecular weight excluding hydrogens is 322 g/mol. The fraction of sp³-hybridized carbons (Fsp3) is 0.556. The fourth-order valence-corrected chi connectivity index (χ4v) is 2.35. The van der Waals surface area contributed by atoms with Crippen LogP contribution in [0.15, 0.2) is 18.2 Å². The summed E-state index contributed by atoms with van der Waals surface area (Å²) in [7, 11) is 5.14. The number of urea groups is 1. The van der Waals surface area contributed by atoms with E-state index in [0.717, 1.165) is 36.3 Å². The quantitative estimate of drug-likeness (QED) is 0.532. The number of unbranched alkanes of at least 4 members (excludes halogenated alkanes) is 1. The zero-order valence-corrected chi connectivity index (χ0v) is 15.6. The van der Waals surface area contributed by atoms with Crippen LogP contribution < -0.4 is 25.0 Å². The first-order valence-electron chi connectivity index (χ1n) is 8.60. The first-order chi connectivity index (χ1) is 12.0. The maximum atomic E-state index is 11.9. The second kappa shape index (κ2) is 11.3. The van der Waals surface area contributed by atoms with Gasteiger partial charge in [0, 0.05) is 13.0 Å². The number of ether oxygens (including phenoxy) is 2. The first kappa shape index (κ1) is 20.8. The van der Waals surface area contributed by atoms with Crippen molar-refractivity contribution in [2.45, 2.75) is 26.2 Å². The van der Waals surface area contributed by atoms with Crippen LogP contribution in [0.4, 0.5) is 4.79 Å². The third-order valence-electron chi connectivity index (χ3n) is 3.82. The summed E-state index contributed by atoms with van der Waals surface area (Å²) in [5.41, 5.74) is 1.11. The van der Waals surface area contributed by atoms with Crippen molar-refractivity contribution in [3.8, 4) is 11.5 Å². The number of imide groups is 1. The van der Waals surface area contributed by atoms with Gasteiger partial charge in [0.05, 0.1) is 27.8 Å². The Morgan fingerprint density at radius 3 is 2.52 bits per heavy atom. The molecule has 0 aliphatic heterocycles. The van der Waals surface area contributed by atoms with Gasteiger partial charge >= 0.3 is 6.03 Å². The molecule has 1 rings (SSSR count). The monoisotopic (exact) mass is 352 g/mol. The predicted octanol–water partition coefficient (Wildman–Crippen LogP) is 0.387. The van der Waals surface area contributed by atoms with E-state index in [1.807, 2.05) is 32.2 Å². The molecule has 1 aromatic carbocycles. The average Bonchev–Trinajstić information content (AvgIpc) is 2.59. The molecule has 3 N–H and O–H groups in total. The molecule has 1 aromatic rings. The number of methoxy groups -OCH3 is 2. The Hall–Kier alpha value is -2.28. The van der Waals surface area contributed by atoms with Crippen LogP contribution in [-0.4, -0.2) is 52.8 Å². The molecule has 0 radical (unpaired) electrons. The van der Waals surface area contributed by atoms with E-state index in [-0.39, 0.29) is 12.5 Å². The van der Waals surface area contributed by atoms with Crippen LogP contribution in [0.2, 0.25) is 0 Å². The first-order valence-corrected chi connectivity index (χ1v) is 8.60. The molecule has 7 heteroatoms. The summed E-state index contributed by atoms with van der Waals surface area (Å²) < 4.78 is 10.5. The number of nitrogens with one attached hydrogen (secondary N) is 3. The van der Waals surface area contributed by atoms with Gasteiger partial charge in [0.25, 0.3) is 5.91 Å². The SMILES string of the molecule is CCCCNC(=O)NC(=O)C[NH+](C)CCc1ccc(OC)c(OC)c1. The number of quaternary nitrogens is 1. The Labute approximate surface area is 149 Å². The van der Waals surface area contributed by atoms with Gasteiger partial charge in [-0.3, -0.25) is 10.1 Å². The topological polar surface area (TPSA) is 81.1 Å². The van der Waals surface area contributed by atoms with Crippen molar-refractivity contribution < 1.29 is 24.0 Å². The lowest BCUT2D eigenvalue weighted by atomic mass is 10.1. The second-order valence-corrected chi connectivity index (χ2v) is 5.98. The van der Waals surface area contributed by atoms with E-state index >= 15 is 0 Å². The van der Waals surface area contributed by atoms with Crippen molar-refractivity contribution in [2.24, 2.45) is 0 Å². The molecule has 25 heavy (non-hydrogen) atoms. The molecule has 3 amide bonds. The fourth-order valence-electron chi connectivity index (χ4n) is 2.35. The van der Waals surface area contributed by atoms with Crippen molar-refractivity contribution in [2.75, 3.05) is 40.9 Å². The highest BCUT2D eigenvalue weighted by atomic mass is 16.5. The second-order valence-electron chi connectivity index (χ2n) is 5.98. The smallest absolute Gasteiger partial charge is 0.321 e. The normalized spacial score (nSPS) is 11.5. The van der Waals surface area contributed by atoms with Crippen molar-refractivity contribution in [1.29, 1.82) is 0 Å². The predicted molar refractivity (Wildman–Crippen MR) is 96.3 cm³/mol. The van der Waals surface area contributed by atoms with Gasteiger partial charge in [0.2, 0.25) is 0 Å².